The summed E-state index contributed by atoms with van der Waals surface area (Å²) in [7, 11) is 0. The second-order valence-corrected chi connectivity index (χ2v) is 2.95. The first-order valence-electron chi connectivity index (χ1n) is 3.96. The average Bonchev–Trinajstić information content (AvgIpc) is 2.18. The monoisotopic (exact) mass is 205 g/mol. The summed E-state index contributed by atoms with van der Waals surface area (Å²) >= 11 is 0. The number of hydrogen-bond acceptors (Lipinski definition) is 6. The first-order valence-corrected chi connectivity index (χ1v) is 3.96. The van der Waals surface area contributed by atoms with Gasteiger partial charge in [-0.3, -0.25) is 0 Å². The molecule has 0 amide bonds. The van der Waals surface area contributed by atoms with Crippen molar-refractivity contribution in [1.29, 1.82) is 0 Å². The number of nitrogens with zero attached hydrogens (tertiary/aromatic N) is 3. The number of rotatable bonds is 2. The molecule has 0 bridgehead atoms. The molecule has 0 aromatic heterocycles. The molecule has 0 radical (unpaired) electrons. The van der Waals surface area contributed by atoms with Crippen molar-refractivity contribution >= 4 is 0 Å². The fourth-order valence-corrected chi connectivity index (χ4v) is 1.20. The molecule has 1 rings (SSSR count). The van der Waals surface area contributed by atoms with Gasteiger partial charge in [-0.25, -0.2) is 0 Å². The third-order valence-electron chi connectivity index (χ3n) is 2.01. The lowest BCUT2D eigenvalue weighted by Gasteiger charge is -2.37. The molecule has 1 fully saturated rings. The van der Waals surface area contributed by atoms with E-state index >= 15 is 0 Å². The predicted octanol–water partition coefficient (Wildman–Crippen LogP) is -1.90. The van der Waals surface area contributed by atoms with Gasteiger partial charge in [-0.1, -0.05) is 5.11 Å². The van der Waals surface area contributed by atoms with Gasteiger partial charge in [0.25, 0.3) is 0 Å². The van der Waals surface area contributed by atoms with Gasteiger partial charge in [-0.15, -0.1) is 0 Å². The van der Waals surface area contributed by atoms with Crippen LogP contribution in [0.15, 0.2) is 5.11 Å². The van der Waals surface area contributed by atoms with Gasteiger partial charge < -0.3 is 25.2 Å². The normalized spacial score (nSPS) is 43.0. The number of aliphatic hydroxyl groups excluding tert-OH is 4. The van der Waals surface area contributed by atoms with E-state index in [1.807, 2.05) is 0 Å². The van der Waals surface area contributed by atoms with E-state index in [9.17, 15) is 10.2 Å². The van der Waals surface area contributed by atoms with E-state index < -0.39 is 30.7 Å². The highest BCUT2D eigenvalue weighted by Gasteiger charge is 2.42. The fourth-order valence-electron chi connectivity index (χ4n) is 1.20. The standard InChI is InChI=1S/C6H11N3O5/c7-9-8-1-2-3(10)4(11)5(12)6(13)14-2/h2-6,10-13H,1H2/t2?,3-,4+,5?,6+/m1/s1. The SMILES string of the molecule is [N-]=[N+]=NCC1O[C@H](O)C(O)[C@@H](O)[C@@H]1O. The molecule has 80 valence electrons. The number of azide groups is 1. The molecule has 0 spiro atoms. The zero-order chi connectivity index (χ0) is 10.7. The Morgan fingerprint density at radius 2 is 1.79 bits per heavy atom. The molecule has 0 saturated carbocycles. The molecular formula is C6H11N3O5. The maximum Gasteiger partial charge on any atom is 0.183 e. The van der Waals surface area contributed by atoms with Crippen LogP contribution in [0.25, 0.3) is 10.4 Å². The van der Waals surface area contributed by atoms with Gasteiger partial charge in [0.15, 0.2) is 6.29 Å². The lowest BCUT2D eigenvalue weighted by molar-refractivity contribution is -0.279. The molecule has 14 heavy (non-hydrogen) atoms. The summed E-state index contributed by atoms with van der Waals surface area (Å²) in [6, 6.07) is 0. The molecule has 8 nitrogen and oxygen atoms in total. The van der Waals surface area contributed by atoms with Crippen LogP contribution in [-0.2, 0) is 4.74 Å². The van der Waals surface area contributed by atoms with E-state index in [0.717, 1.165) is 0 Å². The van der Waals surface area contributed by atoms with Crippen molar-refractivity contribution in [3.8, 4) is 0 Å². The minimum Gasteiger partial charge on any atom is -0.388 e. The first-order chi connectivity index (χ1) is 6.57. The van der Waals surface area contributed by atoms with Crippen molar-refractivity contribution in [2.24, 2.45) is 5.11 Å². The van der Waals surface area contributed by atoms with Gasteiger partial charge in [-0.05, 0) is 5.53 Å². The Morgan fingerprint density at radius 3 is 2.36 bits per heavy atom. The molecule has 2 unspecified atom stereocenters. The number of aliphatic hydroxyl groups is 4. The Kier molecular flexibility index (Phi) is 3.64. The zero-order valence-electron chi connectivity index (χ0n) is 7.13. The van der Waals surface area contributed by atoms with E-state index in [1.54, 1.807) is 0 Å². The van der Waals surface area contributed by atoms with E-state index in [1.165, 1.54) is 0 Å². The minimum absolute atomic E-state index is 0.224. The number of ether oxygens (including phenoxy) is 1. The lowest BCUT2D eigenvalue weighted by Crippen LogP contribution is -2.58. The van der Waals surface area contributed by atoms with E-state index in [2.05, 4.69) is 10.0 Å². The minimum atomic E-state index is -1.59. The summed E-state index contributed by atoms with van der Waals surface area (Å²) in [5.41, 5.74) is 8.01. The maximum absolute atomic E-state index is 9.32. The van der Waals surface area contributed by atoms with Crippen molar-refractivity contribution < 1.29 is 25.2 Å². The van der Waals surface area contributed by atoms with Gasteiger partial charge in [0, 0.05) is 4.91 Å². The smallest absolute Gasteiger partial charge is 0.183 e. The highest BCUT2D eigenvalue weighted by molar-refractivity contribution is 4.89. The Hall–Kier alpha value is -0.890. The topological polar surface area (TPSA) is 139 Å². The van der Waals surface area contributed by atoms with Crippen molar-refractivity contribution in [2.45, 2.75) is 30.7 Å². The van der Waals surface area contributed by atoms with Crippen LogP contribution in [0.5, 0.6) is 0 Å². The van der Waals surface area contributed by atoms with E-state index in [-0.39, 0.29) is 6.54 Å². The van der Waals surface area contributed by atoms with Crippen LogP contribution in [-0.4, -0.2) is 57.7 Å². The fraction of sp³-hybridized carbons (Fsp3) is 1.00. The van der Waals surface area contributed by atoms with Gasteiger partial charge in [0.05, 0.1) is 12.6 Å². The van der Waals surface area contributed by atoms with Crippen molar-refractivity contribution in [2.75, 3.05) is 6.54 Å². The second kappa shape index (κ2) is 4.56. The van der Waals surface area contributed by atoms with Crippen LogP contribution < -0.4 is 0 Å². The zero-order valence-corrected chi connectivity index (χ0v) is 7.13. The maximum atomic E-state index is 9.32. The Labute approximate surface area is 79.0 Å². The molecule has 1 aliphatic heterocycles. The molecule has 5 atom stereocenters. The molecule has 1 saturated heterocycles. The third-order valence-corrected chi connectivity index (χ3v) is 2.01. The first kappa shape index (κ1) is 11.2. The quantitative estimate of drug-likeness (QED) is 0.237. The van der Waals surface area contributed by atoms with Gasteiger partial charge in [0.1, 0.15) is 18.3 Å². The van der Waals surface area contributed by atoms with Gasteiger partial charge in [0.2, 0.25) is 0 Å². The third kappa shape index (κ3) is 2.13. The molecule has 8 heteroatoms. The Morgan fingerprint density at radius 1 is 1.14 bits per heavy atom. The van der Waals surface area contributed by atoms with Gasteiger partial charge in [-0.2, -0.15) is 0 Å². The number of hydrogen-bond donors (Lipinski definition) is 4. The average molecular weight is 205 g/mol. The summed E-state index contributed by atoms with van der Waals surface area (Å²) in [4.78, 5) is 2.44. The second-order valence-electron chi connectivity index (χ2n) is 2.95. The molecule has 1 heterocycles. The Bertz CT molecular complexity index is 244. The van der Waals surface area contributed by atoms with Crippen molar-refractivity contribution in [1.82, 2.24) is 0 Å². The molecular weight excluding hydrogens is 194 g/mol. The van der Waals surface area contributed by atoms with Crippen molar-refractivity contribution in [3.63, 3.8) is 0 Å². The molecule has 0 aromatic carbocycles. The summed E-state index contributed by atoms with van der Waals surface area (Å²) in [5, 5.41) is 39.8. The summed E-state index contributed by atoms with van der Waals surface area (Å²) in [6.07, 6.45) is -7.07. The summed E-state index contributed by atoms with van der Waals surface area (Å²) in [6.45, 7) is -0.224. The van der Waals surface area contributed by atoms with E-state index in [0.29, 0.717) is 0 Å². The highest BCUT2D eigenvalue weighted by Crippen LogP contribution is 2.19. The lowest BCUT2D eigenvalue weighted by atomic mass is 9.99. The summed E-state index contributed by atoms with van der Waals surface area (Å²) in [5.74, 6) is 0. The highest BCUT2D eigenvalue weighted by atomic mass is 16.6. The Balaban J connectivity index is 2.64. The van der Waals surface area contributed by atoms with Crippen LogP contribution in [0.1, 0.15) is 0 Å². The predicted molar refractivity (Wildman–Crippen MR) is 42.9 cm³/mol. The van der Waals surface area contributed by atoms with Crippen LogP contribution in [0.2, 0.25) is 0 Å². The molecule has 0 aliphatic carbocycles. The van der Waals surface area contributed by atoms with E-state index in [4.69, 9.17) is 20.5 Å². The van der Waals surface area contributed by atoms with Gasteiger partial charge >= 0.3 is 0 Å². The molecule has 4 N–H and O–H groups in total. The van der Waals surface area contributed by atoms with Crippen LogP contribution in [0.3, 0.4) is 0 Å². The molecule has 0 aromatic rings. The molecule has 1 aliphatic rings. The van der Waals surface area contributed by atoms with Crippen LogP contribution in [0.4, 0.5) is 0 Å². The van der Waals surface area contributed by atoms with Crippen LogP contribution >= 0.6 is 0 Å². The summed E-state index contributed by atoms with van der Waals surface area (Å²) < 4.78 is 4.71. The van der Waals surface area contributed by atoms with Crippen LogP contribution in [0, 0.1) is 0 Å². The largest absolute Gasteiger partial charge is 0.388 e. The van der Waals surface area contributed by atoms with Crippen molar-refractivity contribution in [3.05, 3.63) is 10.4 Å².